The van der Waals surface area contributed by atoms with E-state index in [4.69, 9.17) is 4.74 Å². The molecule has 0 saturated carbocycles. The standard InChI is InChI=1S/C12H8BrF2NO/c1-7-4-8(13)6-16-12(7)17-9-2-3-10(14)11(15)5-9/h2-6H,1H3. The van der Waals surface area contributed by atoms with Gasteiger partial charge in [-0.2, -0.15) is 0 Å². The fraction of sp³-hybridized carbons (Fsp3) is 0.0833. The van der Waals surface area contributed by atoms with Gasteiger partial charge in [0.2, 0.25) is 5.88 Å². The minimum absolute atomic E-state index is 0.210. The summed E-state index contributed by atoms with van der Waals surface area (Å²) in [5, 5.41) is 0. The number of aromatic nitrogens is 1. The quantitative estimate of drug-likeness (QED) is 0.828. The van der Waals surface area contributed by atoms with Gasteiger partial charge in [0.05, 0.1) is 0 Å². The molecule has 0 bridgehead atoms. The minimum Gasteiger partial charge on any atom is -0.439 e. The molecule has 0 spiro atoms. The van der Waals surface area contributed by atoms with Crippen LogP contribution in [0.15, 0.2) is 34.9 Å². The first kappa shape index (κ1) is 12.0. The average molecular weight is 300 g/mol. The van der Waals surface area contributed by atoms with Gasteiger partial charge in [-0.05, 0) is 41.1 Å². The summed E-state index contributed by atoms with van der Waals surface area (Å²) in [6, 6.07) is 5.17. The maximum absolute atomic E-state index is 13.0. The molecule has 0 radical (unpaired) electrons. The Bertz CT molecular complexity index is 560. The van der Waals surface area contributed by atoms with Crippen molar-refractivity contribution >= 4 is 15.9 Å². The Labute approximate surface area is 105 Å². The Morgan fingerprint density at radius 2 is 1.94 bits per heavy atom. The van der Waals surface area contributed by atoms with E-state index in [9.17, 15) is 8.78 Å². The van der Waals surface area contributed by atoms with Gasteiger partial charge in [-0.15, -0.1) is 0 Å². The Morgan fingerprint density at radius 1 is 1.18 bits per heavy atom. The molecule has 0 aliphatic heterocycles. The molecule has 2 nitrogen and oxygen atoms in total. The van der Waals surface area contributed by atoms with Gasteiger partial charge in [-0.1, -0.05) is 0 Å². The number of hydrogen-bond acceptors (Lipinski definition) is 2. The summed E-state index contributed by atoms with van der Waals surface area (Å²) >= 11 is 3.28. The molecule has 0 N–H and O–H groups in total. The maximum Gasteiger partial charge on any atom is 0.222 e. The van der Waals surface area contributed by atoms with Crippen LogP contribution in [0.3, 0.4) is 0 Å². The number of benzene rings is 1. The van der Waals surface area contributed by atoms with E-state index in [2.05, 4.69) is 20.9 Å². The molecule has 0 saturated heterocycles. The van der Waals surface area contributed by atoms with Crippen LogP contribution in [0.1, 0.15) is 5.56 Å². The smallest absolute Gasteiger partial charge is 0.222 e. The van der Waals surface area contributed by atoms with E-state index < -0.39 is 11.6 Å². The van der Waals surface area contributed by atoms with E-state index in [0.29, 0.717) is 5.88 Å². The van der Waals surface area contributed by atoms with Crippen LogP contribution in [0.5, 0.6) is 11.6 Å². The number of aryl methyl sites for hydroxylation is 1. The third-order valence-corrected chi connectivity index (χ3v) is 2.54. The highest BCUT2D eigenvalue weighted by molar-refractivity contribution is 9.10. The minimum atomic E-state index is -0.947. The summed E-state index contributed by atoms with van der Waals surface area (Å²) < 4.78 is 31.9. The lowest BCUT2D eigenvalue weighted by Gasteiger charge is -2.07. The maximum atomic E-state index is 13.0. The van der Waals surface area contributed by atoms with Gasteiger partial charge in [-0.25, -0.2) is 13.8 Å². The zero-order valence-electron chi connectivity index (χ0n) is 8.88. The summed E-state index contributed by atoms with van der Waals surface area (Å²) in [4.78, 5) is 4.04. The predicted molar refractivity (Wildman–Crippen MR) is 63.1 cm³/mol. The number of rotatable bonds is 2. The highest BCUT2D eigenvalue weighted by Crippen LogP contribution is 2.25. The van der Waals surface area contributed by atoms with Crippen LogP contribution in [0.25, 0.3) is 0 Å². The Balaban J connectivity index is 2.28. The molecular formula is C12H8BrF2NO. The summed E-state index contributed by atoms with van der Waals surface area (Å²) in [5.41, 5.74) is 0.795. The van der Waals surface area contributed by atoms with Crippen molar-refractivity contribution in [1.82, 2.24) is 4.98 Å². The van der Waals surface area contributed by atoms with Crippen molar-refractivity contribution < 1.29 is 13.5 Å². The zero-order chi connectivity index (χ0) is 12.4. The van der Waals surface area contributed by atoms with E-state index >= 15 is 0 Å². The lowest BCUT2D eigenvalue weighted by molar-refractivity contribution is 0.444. The number of nitrogens with zero attached hydrogens (tertiary/aromatic N) is 1. The molecule has 0 amide bonds. The van der Waals surface area contributed by atoms with Gasteiger partial charge in [0.15, 0.2) is 11.6 Å². The average Bonchev–Trinajstić information content (AvgIpc) is 2.27. The van der Waals surface area contributed by atoms with Crippen LogP contribution in [-0.4, -0.2) is 4.98 Å². The molecule has 0 aliphatic rings. The second kappa shape index (κ2) is 4.79. The molecular weight excluding hydrogens is 292 g/mol. The van der Waals surface area contributed by atoms with E-state index in [1.807, 2.05) is 13.0 Å². The van der Waals surface area contributed by atoms with Crippen LogP contribution in [0, 0.1) is 18.6 Å². The van der Waals surface area contributed by atoms with Gasteiger partial charge < -0.3 is 4.74 Å². The SMILES string of the molecule is Cc1cc(Br)cnc1Oc1ccc(F)c(F)c1. The molecule has 2 rings (SSSR count). The summed E-state index contributed by atoms with van der Waals surface area (Å²) in [5.74, 6) is -1.28. The Kier molecular flexibility index (Phi) is 3.38. The van der Waals surface area contributed by atoms with Crippen molar-refractivity contribution in [2.75, 3.05) is 0 Å². The second-order valence-corrected chi connectivity index (χ2v) is 4.37. The molecule has 0 unspecified atom stereocenters. The molecule has 1 heterocycles. The van der Waals surface area contributed by atoms with E-state index in [0.717, 1.165) is 22.2 Å². The van der Waals surface area contributed by atoms with E-state index in [1.165, 1.54) is 6.07 Å². The van der Waals surface area contributed by atoms with E-state index in [1.54, 1.807) is 6.20 Å². The first-order chi connectivity index (χ1) is 8.06. The highest BCUT2D eigenvalue weighted by atomic mass is 79.9. The Hall–Kier alpha value is -1.49. The van der Waals surface area contributed by atoms with E-state index in [-0.39, 0.29) is 5.75 Å². The van der Waals surface area contributed by atoms with Crippen LogP contribution in [0.4, 0.5) is 8.78 Å². The fourth-order valence-corrected chi connectivity index (χ4v) is 1.73. The van der Waals surface area contributed by atoms with Crippen LogP contribution in [0.2, 0.25) is 0 Å². The summed E-state index contributed by atoms with van der Waals surface area (Å²) in [6.07, 6.45) is 1.57. The number of halogens is 3. The first-order valence-electron chi connectivity index (χ1n) is 4.81. The topological polar surface area (TPSA) is 22.1 Å². The van der Waals surface area contributed by atoms with Crippen LogP contribution in [-0.2, 0) is 0 Å². The number of hydrogen-bond donors (Lipinski definition) is 0. The van der Waals surface area contributed by atoms with Gasteiger partial charge in [0.1, 0.15) is 5.75 Å². The fourth-order valence-electron chi connectivity index (χ4n) is 1.29. The number of pyridine rings is 1. The van der Waals surface area contributed by atoms with Crippen molar-refractivity contribution in [1.29, 1.82) is 0 Å². The van der Waals surface area contributed by atoms with Gasteiger partial charge in [-0.3, -0.25) is 0 Å². The van der Waals surface area contributed by atoms with Gasteiger partial charge in [0, 0.05) is 22.3 Å². The molecule has 88 valence electrons. The molecule has 1 aromatic carbocycles. The predicted octanol–water partition coefficient (Wildman–Crippen LogP) is 4.22. The van der Waals surface area contributed by atoms with Crippen molar-refractivity contribution in [3.8, 4) is 11.6 Å². The lowest BCUT2D eigenvalue weighted by atomic mass is 10.3. The van der Waals surface area contributed by atoms with Crippen molar-refractivity contribution in [2.24, 2.45) is 0 Å². The third-order valence-electron chi connectivity index (χ3n) is 2.10. The van der Waals surface area contributed by atoms with Crippen molar-refractivity contribution in [3.63, 3.8) is 0 Å². The van der Waals surface area contributed by atoms with Crippen LogP contribution < -0.4 is 4.74 Å². The number of ether oxygens (including phenoxy) is 1. The largest absolute Gasteiger partial charge is 0.439 e. The molecule has 17 heavy (non-hydrogen) atoms. The van der Waals surface area contributed by atoms with Crippen molar-refractivity contribution in [2.45, 2.75) is 6.92 Å². The van der Waals surface area contributed by atoms with Gasteiger partial charge in [0.25, 0.3) is 0 Å². The second-order valence-electron chi connectivity index (χ2n) is 3.45. The molecule has 0 atom stereocenters. The summed E-state index contributed by atoms with van der Waals surface area (Å²) in [6.45, 7) is 1.81. The molecule has 0 aliphatic carbocycles. The van der Waals surface area contributed by atoms with Crippen LogP contribution >= 0.6 is 15.9 Å². The molecule has 2 aromatic rings. The van der Waals surface area contributed by atoms with Crippen molar-refractivity contribution in [3.05, 3.63) is 52.1 Å². The zero-order valence-corrected chi connectivity index (χ0v) is 10.5. The Morgan fingerprint density at radius 3 is 2.59 bits per heavy atom. The molecule has 5 heteroatoms. The van der Waals surface area contributed by atoms with Gasteiger partial charge >= 0.3 is 0 Å². The third kappa shape index (κ3) is 2.79. The normalized spacial score (nSPS) is 10.4. The summed E-state index contributed by atoms with van der Waals surface area (Å²) in [7, 11) is 0. The monoisotopic (exact) mass is 299 g/mol. The highest BCUT2D eigenvalue weighted by Gasteiger charge is 2.07. The lowest BCUT2D eigenvalue weighted by Crippen LogP contribution is -1.92. The molecule has 0 fully saturated rings. The first-order valence-corrected chi connectivity index (χ1v) is 5.60. The molecule has 1 aromatic heterocycles.